The van der Waals surface area contributed by atoms with Crippen molar-refractivity contribution in [3.63, 3.8) is 0 Å². The minimum Gasteiger partial charge on any atom is -0.472 e. The molecular formula is C19H20ClN3O2. The molecule has 0 saturated carbocycles. The van der Waals surface area contributed by atoms with E-state index < -0.39 is 0 Å². The highest BCUT2D eigenvalue weighted by molar-refractivity contribution is 6.44. The van der Waals surface area contributed by atoms with Crippen LogP contribution < -0.4 is 4.74 Å². The number of halogens is 1. The first-order valence-corrected chi connectivity index (χ1v) is 9.08. The first-order chi connectivity index (χ1) is 12.2. The van der Waals surface area contributed by atoms with Crippen molar-refractivity contribution < 1.29 is 9.53 Å². The van der Waals surface area contributed by atoms with E-state index in [1.165, 1.54) is 17.6 Å². The van der Waals surface area contributed by atoms with Crippen molar-refractivity contribution in [3.8, 4) is 5.88 Å². The predicted molar refractivity (Wildman–Crippen MR) is 97.9 cm³/mol. The Balaban J connectivity index is 1.43. The second-order valence-corrected chi connectivity index (χ2v) is 6.95. The lowest BCUT2D eigenvalue weighted by Crippen LogP contribution is -2.28. The molecule has 1 aliphatic carbocycles. The van der Waals surface area contributed by atoms with E-state index in [0.717, 1.165) is 25.8 Å². The quantitative estimate of drug-likeness (QED) is 0.830. The molecule has 0 N–H and O–H groups in total. The van der Waals surface area contributed by atoms with Gasteiger partial charge in [-0.25, -0.2) is 4.98 Å². The van der Waals surface area contributed by atoms with Crippen LogP contribution in [-0.4, -0.2) is 47.6 Å². The molecule has 6 heteroatoms. The highest BCUT2D eigenvalue weighted by atomic mass is 35.5. The summed E-state index contributed by atoms with van der Waals surface area (Å²) < 4.78 is 6.08. The summed E-state index contributed by atoms with van der Waals surface area (Å²) in [7, 11) is 0. The summed E-state index contributed by atoms with van der Waals surface area (Å²) in [5.74, 6) is 0.536. The molecule has 25 heavy (non-hydrogen) atoms. The lowest BCUT2D eigenvalue weighted by atomic mass is 10.1. The van der Waals surface area contributed by atoms with E-state index in [9.17, 15) is 4.79 Å². The van der Waals surface area contributed by atoms with Crippen LogP contribution in [0.4, 0.5) is 0 Å². The Bertz CT molecular complexity index is 785. The molecular weight excluding hydrogens is 338 g/mol. The highest BCUT2D eigenvalue weighted by Gasteiger charge is 2.29. The zero-order valence-corrected chi connectivity index (χ0v) is 14.7. The van der Waals surface area contributed by atoms with E-state index >= 15 is 0 Å². The number of Topliss-reactive ketones (excluding diaryl/α,β-unsaturated/α-hetero) is 1. The van der Waals surface area contributed by atoms with Crippen LogP contribution in [0.5, 0.6) is 5.88 Å². The van der Waals surface area contributed by atoms with Gasteiger partial charge in [-0.3, -0.25) is 9.79 Å². The summed E-state index contributed by atoms with van der Waals surface area (Å²) in [5, 5.41) is 0.281. The maximum Gasteiger partial charge on any atom is 0.214 e. The second-order valence-electron chi connectivity index (χ2n) is 6.57. The fraction of sp³-hybridized carbons (Fsp3) is 0.421. The van der Waals surface area contributed by atoms with Crippen LogP contribution in [0.15, 0.2) is 40.1 Å². The largest absolute Gasteiger partial charge is 0.472 e. The van der Waals surface area contributed by atoms with Gasteiger partial charge in [0.1, 0.15) is 17.7 Å². The number of hydrogen-bond acceptors (Lipinski definition) is 5. The van der Waals surface area contributed by atoms with E-state index in [0.29, 0.717) is 18.1 Å². The van der Waals surface area contributed by atoms with Gasteiger partial charge in [0, 0.05) is 31.4 Å². The van der Waals surface area contributed by atoms with Crippen molar-refractivity contribution in [2.24, 2.45) is 4.99 Å². The second kappa shape index (κ2) is 7.00. The molecule has 1 aromatic heterocycles. The molecule has 1 fully saturated rings. The Hall–Kier alpha value is -2.14. The van der Waals surface area contributed by atoms with E-state index in [1.807, 2.05) is 18.3 Å². The Labute approximate surface area is 152 Å². The van der Waals surface area contributed by atoms with Gasteiger partial charge in [0.25, 0.3) is 0 Å². The van der Waals surface area contributed by atoms with Crippen LogP contribution in [0.3, 0.4) is 0 Å². The molecule has 0 aromatic carbocycles. The number of ether oxygens (including phenoxy) is 1. The lowest BCUT2D eigenvalue weighted by molar-refractivity contribution is -0.113. The number of aliphatic imine (C=N–C) groups is 1. The van der Waals surface area contributed by atoms with Crippen LogP contribution in [0.1, 0.15) is 31.2 Å². The van der Waals surface area contributed by atoms with Gasteiger partial charge in [0.2, 0.25) is 5.88 Å². The number of pyridine rings is 1. The SMILES string of the molecule is O=C1CN=CC(N2CC[C@@H](Oc3cc(C4=CCCC4)ccn3)C2)=C1Cl. The minimum absolute atomic E-state index is 0.0303. The number of allylic oxidation sites excluding steroid dienone is 3. The van der Waals surface area contributed by atoms with Crippen molar-refractivity contribution in [2.45, 2.75) is 31.8 Å². The third-order valence-corrected chi connectivity index (χ3v) is 5.24. The molecule has 3 heterocycles. The molecule has 1 atom stereocenters. The van der Waals surface area contributed by atoms with Crippen molar-refractivity contribution in [2.75, 3.05) is 19.6 Å². The van der Waals surface area contributed by atoms with Crippen molar-refractivity contribution >= 4 is 29.2 Å². The zero-order valence-electron chi connectivity index (χ0n) is 13.9. The minimum atomic E-state index is -0.122. The third kappa shape index (κ3) is 3.47. The zero-order chi connectivity index (χ0) is 17.2. The monoisotopic (exact) mass is 357 g/mol. The number of carbonyl (C=O) groups is 1. The topological polar surface area (TPSA) is 54.8 Å². The molecule has 0 amide bonds. The van der Waals surface area contributed by atoms with E-state index in [1.54, 1.807) is 6.21 Å². The maximum absolute atomic E-state index is 11.7. The van der Waals surface area contributed by atoms with Crippen LogP contribution >= 0.6 is 11.6 Å². The molecule has 3 aliphatic rings. The number of ketones is 1. The van der Waals surface area contributed by atoms with Gasteiger partial charge in [-0.1, -0.05) is 17.7 Å². The number of dihydropyridines is 1. The van der Waals surface area contributed by atoms with Gasteiger partial charge in [0.15, 0.2) is 5.78 Å². The molecule has 0 spiro atoms. The van der Waals surface area contributed by atoms with E-state index in [-0.39, 0.29) is 23.5 Å². The van der Waals surface area contributed by atoms with Crippen LogP contribution in [0.25, 0.3) is 5.57 Å². The molecule has 130 valence electrons. The molecule has 5 nitrogen and oxygen atoms in total. The van der Waals surface area contributed by atoms with Gasteiger partial charge in [0.05, 0.1) is 12.2 Å². The highest BCUT2D eigenvalue weighted by Crippen LogP contribution is 2.30. The molecule has 4 rings (SSSR count). The Kier molecular flexibility index (Phi) is 4.57. The van der Waals surface area contributed by atoms with Gasteiger partial charge in [-0.2, -0.15) is 0 Å². The van der Waals surface area contributed by atoms with Gasteiger partial charge >= 0.3 is 0 Å². The molecule has 0 bridgehead atoms. The number of likely N-dealkylation sites (tertiary alicyclic amines) is 1. The molecule has 1 aromatic rings. The van der Waals surface area contributed by atoms with E-state index in [4.69, 9.17) is 16.3 Å². The van der Waals surface area contributed by atoms with Crippen LogP contribution in [-0.2, 0) is 4.79 Å². The van der Waals surface area contributed by atoms with Crippen molar-refractivity contribution in [1.29, 1.82) is 0 Å². The number of nitrogens with zero attached hydrogens (tertiary/aromatic N) is 3. The Morgan fingerprint density at radius 3 is 3.12 bits per heavy atom. The number of rotatable bonds is 4. The van der Waals surface area contributed by atoms with Crippen molar-refractivity contribution in [3.05, 3.63) is 40.7 Å². The van der Waals surface area contributed by atoms with Crippen LogP contribution in [0, 0.1) is 0 Å². The van der Waals surface area contributed by atoms with E-state index in [2.05, 4.69) is 21.0 Å². The molecule has 0 unspecified atom stereocenters. The standard InChI is InChI=1S/C19H20ClN3O2/c20-19-16(10-21-11-17(19)24)23-8-6-15(12-23)25-18-9-14(5-7-22-18)13-3-1-2-4-13/h3,5,7,9-10,15H,1-2,4,6,8,11-12H2/t15-/m1/s1. The number of hydrogen-bond donors (Lipinski definition) is 0. The number of aromatic nitrogens is 1. The summed E-state index contributed by atoms with van der Waals surface area (Å²) in [6.45, 7) is 1.61. The Morgan fingerprint density at radius 2 is 2.28 bits per heavy atom. The summed E-state index contributed by atoms with van der Waals surface area (Å²) in [6, 6.07) is 4.07. The third-order valence-electron chi connectivity index (χ3n) is 4.84. The average Bonchev–Trinajstić information content (AvgIpc) is 3.30. The first kappa shape index (κ1) is 16.3. The summed E-state index contributed by atoms with van der Waals surface area (Å²) >= 11 is 6.15. The van der Waals surface area contributed by atoms with Crippen LogP contribution in [0.2, 0.25) is 0 Å². The molecule has 1 saturated heterocycles. The fourth-order valence-electron chi connectivity index (χ4n) is 3.53. The maximum atomic E-state index is 11.7. The molecule has 0 radical (unpaired) electrons. The fourth-order valence-corrected chi connectivity index (χ4v) is 3.75. The van der Waals surface area contributed by atoms with Gasteiger partial charge in [-0.05, 0) is 36.5 Å². The normalized spacial score (nSPS) is 23.4. The Morgan fingerprint density at radius 1 is 1.36 bits per heavy atom. The number of carbonyl (C=O) groups excluding carboxylic acids is 1. The smallest absolute Gasteiger partial charge is 0.214 e. The summed E-state index contributed by atoms with van der Waals surface area (Å²) in [4.78, 5) is 22.2. The average molecular weight is 358 g/mol. The van der Waals surface area contributed by atoms with Gasteiger partial charge < -0.3 is 9.64 Å². The first-order valence-electron chi connectivity index (χ1n) is 8.70. The van der Waals surface area contributed by atoms with Crippen molar-refractivity contribution in [1.82, 2.24) is 9.88 Å². The molecule has 2 aliphatic heterocycles. The summed E-state index contributed by atoms with van der Waals surface area (Å²) in [6.07, 6.45) is 10.2. The predicted octanol–water partition coefficient (Wildman–Crippen LogP) is 3.21. The summed E-state index contributed by atoms with van der Waals surface area (Å²) in [5.41, 5.74) is 3.30. The lowest BCUT2D eigenvalue weighted by Gasteiger charge is -2.22. The van der Waals surface area contributed by atoms with Gasteiger partial charge in [-0.15, -0.1) is 0 Å².